The van der Waals surface area contributed by atoms with E-state index in [1.165, 1.54) is 6.07 Å². The monoisotopic (exact) mass is 342 g/mol. The van der Waals surface area contributed by atoms with Crippen molar-refractivity contribution in [2.24, 2.45) is 0 Å². The van der Waals surface area contributed by atoms with Crippen LogP contribution in [0.1, 0.15) is 5.82 Å². The zero-order valence-corrected chi connectivity index (χ0v) is 10.7. The number of halogens is 5. The Balaban J connectivity index is 2.21. The second-order valence-corrected chi connectivity index (χ2v) is 4.63. The van der Waals surface area contributed by atoms with Crippen LogP contribution in [-0.4, -0.2) is 9.36 Å². The van der Waals surface area contributed by atoms with Crippen molar-refractivity contribution in [3.8, 4) is 10.9 Å². The van der Waals surface area contributed by atoms with Crippen molar-refractivity contribution in [1.29, 1.82) is 0 Å². The van der Waals surface area contributed by atoms with Crippen molar-refractivity contribution in [2.75, 3.05) is 0 Å². The van der Waals surface area contributed by atoms with Crippen LogP contribution in [-0.2, 0) is 6.18 Å². The molecule has 0 saturated heterocycles. The van der Waals surface area contributed by atoms with Gasteiger partial charge in [0.05, 0.1) is 4.47 Å². The average molecular weight is 343 g/mol. The van der Waals surface area contributed by atoms with Gasteiger partial charge < -0.3 is 4.74 Å². The minimum absolute atomic E-state index is 0.154. The molecule has 2 aromatic rings. The van der Waals surface area contributed by atoms with Crippen LogP contribution >= 0.6 is 27.5 Å². The lowest BCUT2D eigenvalue weighted by atomic mass is 10.3. The fourth-order valence-electron chi connectivity index (χ4n) is 1.02. The van der Waals surface area contributed by atoms with Gasteiger partial charge >= 0.3 is 6.18 Å². The Morgan fingerprint density at radius 1 is 1.28 bits per heavy atom. The molecule has 0 atom stereocenters. The molecule has 0 unspecified atom stereocenters. The molecule has 0 amide bonds. The van der Waals surface area contributed by atoms with Crippen molar-refractivity contribution >= 4 is 27.5 Å². The Hall–Kier alpha value is -1.22. The lowest BCUT2D eigenvalue weighted by molar-refractivity contribution is -0.144. The number of alkyl halides is 3. The largest absolute Gasteiger partial charge is 0.452 e. The van der Waals surface area contributed by atoms with Gasteiger partial charge in [0.2, 0.25) is 0 Å². The lowest BCUT2D eigenvalue weighted by Crippen LogP contribution is -2.06. The molecule has 0 fully saturated rings. The van der Waals surface area contributed by atoms with E-state index in [0.717, 1.165) is 12.1 Å². The summed E-state index contributed by atoms with van der Waals surface area (Å²) in [6.07, 6.45) is -4.61. The lowest BCUT2D eigenvalue weighted by Gasteiger charge is -2.03. The molecule has 0 bridgehead atoms. The fraction of sp³-hybridized carbons (Fsp3) is 0.111. The van der Waals surface area contributed by atoms with Gasteiger partial charge in [-0.15, -0.1) is 0 Å². The van der Waals surface area contributed by atoms with Crippen LogP contribution < -0.4 is 4.74 Å². The van der Waals surface area contributed by atoms with Gasteiger partial charge in [-0.2, -0.15) is 22.5 Å². The van der Waals surface area contributed by atoms with E-state index in [4.69, 9.17) is 4.74 Å². The van der Waals surface area contributed by atoms with Crippen LogP contribution in [0.4, 0.5) is 17.6 Å². The molecular weight excluding hydrogens is 340 g/mol. The molecule has 2 rings (SSSR count). The third-order valence-corrected chi connectivity index (χ3v) is 2.97. The topological polar surface area (TPSA) is 35.0 Å². The number of ether oxygens (including phenoxy) is 1. The summed E-state index contributed by atoms with van der Waals surface area (Å²) in [5.41, 5.74) is 0. The van der Waals surface area contributed by atoms with E-state index < -0.39 is 17.8 Å². The Bertz CT molecular complexity index is 572. The molecule has 0 aliphatic rings. The molecule has 3 nitrogen and oxygen atoms in total. The maximum atomic E-state index is 12.8. The molecular formula is C9H3BrF4N2OS. The second kappa shape index (κ2) is 4.81. The van der Waals surface area contributed by atoms with Gasteiger partial charge in [-0.1, -0.05) is 0 Å². The van der Waals surface area contributed by atoms with Crippen molar-refractivity contribution in [3.05, 3.63) is 34.3 Å². The van der Waals surface area contributed by atoms with Crippen molar-refractivity contribution in [2.45, 2.75) is 6.18 Å². The van der Waals surface area contributed by atoms with Crippen LogP contribution in [0.15, 0.2) is 22.7 Å². The summed E-state index contributed by atoms with van der Waals surface area (Å²) >= 11 is 3.49. The standard InChI is InChI=1S/C9H3BrF4N2OS/c10-5-3-4(11)1-2-6(5)17-8-15-7(16-18-8)9(12,13)14/h1-3H. The smallest absolute Gasteiger partial charge is 0.429 e. The molecule has 0 saturated carbocycles. The Morgan fingerprint density at radius 3 is 2.56 bits per heavy atom. The maximum absolute atomic E-state index is 12.8. The first-order chi connectivity index (χ1) is 8.36. The quantitative estimate of drug-likeness (QED) is 0.765. The van der Waals surface area contributed by atoms with E-state index in [2.05, 4.69) is 25.3 Å². The van der Waals surface area contributed by atoms with Crippen molar-refractivity contribution in [3.63, 3.8) is 0 Å². The number of rotatable bonds is 2. The first-order valence-corrected chi connectivity index (χ1v) is 5.97. The molecule has 18 heavy (non-hydrogen) atoms. The summed E-state index contributed by atoms with van der Waals surface area (Å²) in [5.74, 6) is -1.61. The summed E-state index contributed by atoms with van der Waals surface area (Å²) in [7, 11) is 0. The molecule has 9 heteroatoms. The van der Waals surface area contributed by atoms with Crippen molar-refractivity contribution < 1.29 is 22.3 Å². The van der Waals surface area contributed by atoms with Crippen molar-refractivity contribution in [1.82, 2.24) is 9.36 Å². The van der Waals surface area contributed by atoms with Crippen LogP contribution in [0.5, 0.6) is 10.9 Å². The first-order valence-electron chi connectivity index (χ1n) is 4.40. The molecule has 96 valence electrons. The van der Waals surface area contributed by atoms with Crippen LogP contribution in [0.2, 0.25) is 0 Å². The third-order valence-electron chi connectivity index (χ3n) is 1.75. The van der Waals surface area contributed by atoms with Gasteiger partial charge in [0.1, 0.15) is 11.6 Å². The number of benzene rings is 1. The van der Waals surface area contributed by atoms with E-state index in [-0.39, 0.29) is 15.4 Å². The van der Waals surface area contributed by atoms with E-state index in [9.17, 15) is 17.6 Å². The summed E-state index contributed by atoms with van der Waals surface area (Å²) < 4.78 is 58.0. The highest BCUT2D eigenvalue weighted by atomic mass is 79.9. The minimum atomic E-state index is -4.61. The zero-order chi connectivity index (χ0) is 13.3. The molecule has 1 aromatic carbocycles. The Labute approximate surface area is 111 Å². The summed E-state index contributed by atoms with van der Waals surface area (Å²) in [6.45, 7) is 0. The molecule has 0 aliphatic heterocycles. The second-order valence-electron chi connectivity index (χ2n) is 3.06. The normalized spacial score (nSPS) is 11.6. The predicted octanol–water partition coefficient (Wildman–Crippen LogP) is 4.25. The van der Waals surface area contributed by atoms with Gasteiger partial charge in [-0.25, -0.2) is 4.39 Å². The molecule has 0 radical (unpaired) electrons. The van der Waals surface area contributed by atoms with Gasteiger partial charge in [0, 0.05) is 11.5 Å². The van der Waals surface area contributed by atoms with E-state index in [1.807, 2.05) is 0 Å². The predicted molar refractivity (Wildman–Crippen MR) is 59.1 cm³/mol. The van der Waals surface area contributed by atoms with Gasteiger partial charge in [-0.05, 0) is 34.1 Å². The van der Waals surface area contributed by atoms with E-state index in [1.54, 1.807) is 0 Å². The molecule has 1 heterocycles. The molecule has 0 aliphatic carbocycles. The average Bonchev–Trinajstić information content (AvgIpc) is 2.70. The van der Waals surface area contributed by atoms with Gasteiger partial charge in [-0.3, -0.25) is 0 Å². The SMILES string of the molecule is Fc1ccc(Oc2nc(C(F)(F)F)ns2)c(Br)c1. The molecule has 0 spiro atoms. The maximum Gasteiger partial charge on any atom is 0.452 e. The van der Waals surface area contributed by atoms with Crippen LogP contribution in [0.25, 0.3) is 0 Å². The van der Waals surface area contributed by atoms with Gasteiger partial charge in [0.15, 0.2) is 0 Å². The minimum Gasteiger partial charge on any atom is -0.429 e. The first kappa shape index (κ1) is 13.2. The zero-order valence-electron chi connectivity index (χ0n) is 8.33. The van der Waals surface area contributed by atoms with E-state index in [0.29, 0.717) is 11.5 Å². The summed E-state index contributed by atoms with van der Waals surface area (Å²) in [5, 5.41) is -0.269. The highest BCUT2D eigenvalue weighted by molar-refractivity contribution is 9.10. The van der Waals surface area contributed by atoms with E-state index >= 15 is 0 Å². The number of aromatic nitrogens is 2. The van der Waals surface area contributed by atoms with Gasteiger partial charge in [0.25, 0.3) is 11.0 Å². The third kappa shape index (κ3) is 2.96. The fourth-order valence-corrected chi connectivity index (χ4v) is 2.01. The highest BCUT2D eigenvalue weighted by Crippen LogP contribution is 2.34. The number of hydrogen-bond acceptors (Lipinski definition) is 4. The molecule has 1 aromatic heterocycles. The van der Waals surface area contributed by atoms with Crippen LogP contribution in [0, 0.1) is 5.82 Å². The Kier molecular flexibility index (Phi) is 3.53. The van der Waals surface area contributed by atoms with Crippen LogP contribution in [0.3, 0.4) is 0 Å². The number of hydrogen-bond donors (Lipinski definition) is 0. The molecule has 0 N–H and O–H groups in total. The summed E-state index contributed by atoms with van der Waals surface area (Å²) in [4.78, 5) is 3.19. The highest BCUT2D eigenvalue weighted by Gasteiger charge is 2.36. The number of nitrogens with zero attached hydrogens (tertiary/aromatic N) is 2. The summed E-state index contributed by atoms with van der Waals surface area (Å²) in [6, 6.07) is 3.51. The Morgan fingerprint density at radius 2 is 2.00 bits per heavy atom.